The van der Waals surface area contributed by atoms with Crippen LogP contribution in [0.3, 0.4) is 0 Å². The minimum atomic E-state index is -0.384. The molecule has 0 aliphatic carbocycles. The molecule has 0 radical (unpaired) electrons. The fraction of sp³-hybridized carbons (Fsp3) is 0.286. The van der Waals surface area contributed by atoms with E-state index in [2.05, 4.69) is 16.8 Å². The van der Waals surface area contributed by atoms with Crippen LogP contribution in [0.25, 0.3) is 0 Å². The van der Waals surface area contributed by atoms with Gasteiger partial charge in [0.25, 0.3) is 5.69 Å². The van der Waals surface area contributed by atoms with Gasteiger partial charge >= 0.3 is 0 Å². The zero-order valence-corrected chi connectivity index (χ0v) is 12.7. The second-order valence-corrected chi connectivity index (χ2v) is 5.85. The molecule has 1 aromatic heterocycles. The van der Waals surface area contributed by atoms with Crippen molar-refractivity contribution in [1.29, 1.82) is 0 Å². The molecule has 1 atom stereocenters. The molecule has 0 amide bonds. The van der Waals surface area contributed by atoms with Crippen LogP contribution in [0.15, 0.2) is 42.1 Å². The van der Waals surface area contributed by atoms with Crippen molar-refractivity contribution in [2.24, 2.45) is 0 Å². The molecule has 2 aromatic rings. The fourth-order valence-electron chi connectivity index (χ4n) is 1.91. The number of hydrogen-bond donors (Lipinski definition) is 0. The van der Waals surface area contributed by atoms with Crippen molar-refractivity contribution in [3.63, 3.8) is 0 Å². The van der Waals surface area contributed by atoms with Crippen molar-refractivity contribution in [2.45, 2.75) is 30.8 Å². The lowest BCUT2D eigenvalue weighted by Gasteiger charge is -2.12. The number of benzene rings is 1. The number of allylic oxidation sites excluding steroid dienone is 1. The van der Waals surface area contributed by atoms with Gasteiger partial charge in [0.1, 0.15) is 5.82 Å². The van der Waals surface area contributed by atoms with Gasteiger partial charge in [-0.1, -0.05) is 30.0 Å². The molecule has 1 aromatic carbocycles. The Kier molecular flexibility index (Phi) is 4.74. The van der Waals surface area contributed by atoms with E-state index < -0.39 is 0 Å². The predicted octanol–water partition coefficient (Wildman–Crippen LogP) is 3.53. The number of nitro benzene ring substituents is 1. The van der Waals surface area contributed by atoms with Crippen molar-refractivity contribution < 1.29 is 4.92 Å². The van der Waals surface area contributed by atoms with Gasteiger partial charge in [-0.05, 0) is 19.4 Å². The molecule has 0 saturated carbocycles. The summed E-state index contributed by atoms with van der Waals surface area (Å²) in [5, 5.41) is 19.9. The maximum Gasteiger partial charge on any atom is 0.269 e. The van der Waals surface area contributed by atoms with E-state index in [4.69, 9.17) is 0 Å². The zero-order chi connectivity index (χ0) is 15.4. The third-order valence-corrected chi connectivity index (χ3v) is 4.18. The zero-order valence-electron chi connectivity index (χ0n) is 11.9. The summed E-state index contributed by atoms with van der Waals surface area (Å²) in [7, 11) is 0. The molecule has 0 fully saturated rings. The van der Waals surface area contributed by atoms with E-state index in [0.717, 1.165) is 16.5 Å². The summed E-state index contributed by atoms with van der Waals surface area (Å²) < 4.78 is 1.96. The van der Waals surface area contributed by atoms with Crippen molar-refractivity contribution >= 4 is 17.4 Å². The maximum absolute atomic E-state index is 10.8. The van der Waals surface area contributed by atoms with E-state index in [1.807, 2.05) is 24.5 Å². The monoisotopic (exact) mass is 304 g/mol. The molecule has 2 rings (SSSR count). The van der Waals surface area contributed by atoms with E-state index in [-0.39, 0.29) is 15.9 Å². The molecule has 0 bridgehead atoms. The molecule has 0 aliphatic rings. The highest BCUT2D eigenvalue weighted by Gasteiger charge is 2.16. The SMILES string of the molecule is C=CCn1c(C)nnc1S[C@H](C)c1cccc([N+](=O)[O-])c1. The largest absolute Gasteiger partial charge is 0.302 e. The van der Waals surface area contributed by atoms with E-state index in [9.17, 15) is 10.1 Å². The number of non-ortho nitro benzene ring substituents is 1. The number of hydrogen-bond acceptors (Lipinski definition) is 5. The Morgan fingerprint density at radius 1 is 1.52 bits per heavy atom. The quantitative estimate of drug-likeness (QED) is 0.353. The molecule has 110 valence electrons. The molecule has 0 saturated heterocycles. The van der Waals surface area contributed by atoms with E-state index in [0.29, 0.717) is 6.54 Å². The normalized spacial score (nSPS) is 12.1. The average molecular weight is 304 g/mol. The van der Waals surface area contributed by atoms with Crippen LogP contribution in [-0.2, 0) is 6.54 Å². The molecular formula is C14H16N4O2S. The van der Waals surface area contributed by atoms with Crippen LogP contribution in [0.2, 0.25) is 0 Å². The lowest BCUT2D eigenvalue weighted by molar-refractivity contribution is -0.384. The standard InChI is InChI=1S/C14H16N4O2S/c1-4-8-17-11(3)15-16-14(17)21-10(2)12-6-5-7-13(9-12)18(19)20/h4-7,9-10H,1,8H2,2-3H3/t10-/m1/s1. The van der Waals surface area contributed by atoms with Crippen LogP contribution in [0.1, 0.15) is 23.6 Å². The fourth-order valence-corrected chi connectivity index (χ4v) is 2.93. The van der Waals surface area contributed by atoms with E-state index in [1.54, 1.807) is 18.2 Å². The lowest BCUT2D eigenvalue weighted by atomic mass is 10.1. The van der Waals surface area contributed by atoms with Gasteiger partial charge in [-0.2, -0.15) is 0 Å². The molecule has 0 aliphatic heterocycles. The summed E-state index contributed by atoms with van der Waals surface area (Å²) in [5.74, 6) is 0.823. The Morgan fingerprint density at radius 2 is 2.29 bits per heavy atom. The van der Waals surface area contributed by atoms with Crippen LogP contribution in [-0.4, -0.2) is 19.7 Å². The average Bonchev–Trinajstić information content (AvgIpc) is 2.81. The van der Waals surface area contributed by atoms with Gasteiger partial charge in [0.15, 0.2) is 5.16 Å². The number of nitro groups is 1. The Hall–Kier alpha value is -2.15. The van der Waals surface area contributed by atoms with Gasteiger partial charge in [0.05, 0.1) is 4.92 Å². The molecule has 0 spiro atoms. The molecule has 0 unspecified atom stereocenters. The third-order valence-electron chi connectivity index (χ3n) is 3.05. The highest BCUT2D eigenvalue weighted by Crippen LogP contribution is 2.35. The minimum Gasteiger partial charge on any atom is -0.302 e. The Morgan fingerprint density at radius 3 is 2.95 bits per heavy atom. The van der Waals surface area contributed by atoms with Crippen LogP contribution >= 0.6 is 11.8 Å². The van der Waals surface area contributed by atoms with Gasteiger partial charge in [0, 0.05) is 23.9 Å². The maximum atomic E-state index is 10.8. The summed E-state index contributed by atoms with van der Waals surface area (Å²) in [4.78, 5) is 10.5. The summed E-state index contributed by atoms with van der Waals surface area (Å²) in [5.41, 5.74) is 0.990. The van der Waals surface area contributed by atoms with Crippen LogP contribution in [0, 0.1) is 17.0 Å². The molecule has 0 N–H and O–H groups in total. The second-order valence-electron chi connectivity index (χ2n) is 4.54. The van der Waals surface area contributed by atoms with E-state index >= 15 is 0 Å². The number of thioether (sulfide) groups is 1. The predicted molar refractivity (Wildman–Crippen MR) is 82.3 cm³/mol. The molecular weight excluding hydrogens is 288 g/mol. The Bertz CT molecular complexity index is 669. The van der Waals surface area contributed by atoms with Crippen molar-refractivity contribution in [3.05, 3.63) is 58.4 Å². The van der Waals surface area contributed by atoms with Gasteiger partial charge in [0.2, 0.25) is 0 Å². The van der Waals surface area contributed by atoms with E-state index in [1.165, 1.54) is 17.8 Å². The van der Waals surface area contributed by atoms with Gasteiger partial charge in [-0.15, -0.1) is 16.8 Å². The first-order valence-corrected chi connectivity index (χ1v) is 7.32. The Labute approximate surface area is 127 Å². The third kappa shape index (κ3) is 3.49. The van der Waals surface area contributed by atoms with Crippen LogP contribution in [0.4, 0.5) is 5.69 Å². The first-order chi connectivity index (χ1) is 10.0. The van der Waals surface area contributed by atoms with Gasteiger partial charge < -0.3 is 4.57 Å². The van der Waals surface area contributed by atoms with Crippen molar-refractivity contribution in [1.82, 2.24) is 14.8 Å². The second kappa shape index (κ2) is 6.53. The number of aromatic nitrogens is 3. The van der Waals surface area contributed by atoms with Crippen LogP contribution in [0.5, 0.6) is 0 Å². The van der Waals surface area contributed by atoms with Gasteiger partial charge in [-0.3, -0.25) is 10.1 Å². The highest BCUT2D eigenvalue weighted by atomic mass is 32.2. The summed E-state index contributed by atoms with van der Waals surface area (Å²) in [6.07, 6.45) is 1.79. The summed E-state index contributed by atoms with van der Waals surface area (Å²) >= 11 is 1.52. The molecule has 7 heteroatoms. The molecule has 6 nitrogen and oxygen atoms in total. The number of nitrogens with zero attached hydrogens (tertiary/aromatic N) is 4. The van der Waals surface area contributed by atoms with Crippen LogP contribution < -0.4 is 0 Å². The molecule has 1 heterocycles. The number of aryl methyl sites for hydroxylation is 1. The van der Waals surface area contributed by atoms with Crippen molar-refractivity contribution in [3.8, 4) is 0 Å². The summed E-state index contributed by atoms with van der Waals surface area (Å²) in [6.45, 7) is 8.25. The molecule has 21 heavy (non-hydrogen) atoms. The lowest BCUT2D eigenvalue weighted by Crippen LogP contribution is -2.01. The first kappa shape index (κ1) is 15.2. The first-order valence-electron chi connectivity index (χ1n) is 6.44. The number of rotatable bonds is 6. The topological polar surface area (TPSA) is 73.8 Å². The van der Waals surface area contributed by atoms with Gasteiger partial charge in [-0.25, -0.2) is 0 Å². The highest BCUT2D eigenvalue weighted by molar-refractivity contribution is 7.99. The summed E-state index contributed by atoms with van der Waals surface area (Å²) in [6, 6.07) is 6.67. The smallest absolute Gasteiger partial charge is 0.269 e. The van der Waals surface area contributed by atoms with Crippen molar-refractivity contribution in [2.75, 3.05) is 0 Å². The minimum absolute atomic E-state index is 0.0389. The Balaban J connectivity index is 2.21.